The second-order valence-electron chi connectivity index (χ2n) is 14.9. The van der Waals surface area contributed by atoms with Crippen LogP contribution in [0.3, 0.4) is 0 Å². The Morgan fingerprint density at radius 2 is 1.05 bits per heavy atom. The number of hydrogen-bond acceptors (Lipinski definition) is 6. The highest BCUT2D eigenvalue weighted by atomic mass is 16.7. The average molecular weight is 758 g/mol. The molecule has 2 aliphatic rings. The summed E-state index contributed by atoms with van der Waals surface area (Å²) in [6, 6.07) is 58.0. The predicted molar refractivity (Wildman–Crippen MR) is 220 cm³/mol. The standard InChI is InChI=1S/C50H47NO6/c1-6-16-37(17-7-1)30-51-27-26-42-28-43-35-56-50(44(43)29-45(42)51)49(55-34-41-24-14-5-15-25-41)48(54-33-40-22-12-4-13-23-40)47(53-32-39-20-10-3-11-21-39)46(57-50)36-52-31-38-18-8-2-9-19-38/h1-29,46-49H,30-36H2/t46-,47-,48+,49-,50+/m1/s1. The van der Waals surface area contributed by atoms with Crippen molar-refractivity contribution < 1.29 is 28.4 Å². The smallest absolute Gasteiger partial charge is 0.226 e. The van der Waals surface area contributed by atoms with Crippen molar-refractivity contribution >= 4 is 10.9 Å². The zero-order valence-electron chi connectivity index (χ0n) is 31.9. The minimum atomic E-state index is -1.32. The van der Waals surface area contributed by atoms with Gasteiger partial charge in [0.15, 0.2) is 0 Å². The number of rotatable bonds is 15. The molecule has 1 saturated heterocycles. The van der Waals surface area contributed by atoms with Gasteiger partial charge in [-0.15, -0.1) is 0 Å². The first-order valence-electron chi connectivity index (χ1n) is 19.8. The summed E-state index contributed by atoms with van der Waals surface area (Å²) in [5, 5.41) is 1.14. The minimum absolute atomic E-state index is 0.248. The van der Waals surface area contributed by atoms with Crippen LogP contribution in [0.5, 0.6) is 0 Å². The van der Waals surface area contributed by atoms with Gasteiger partial charge in [-0.1, -0.05) is 152 Å². The van der Waals surface area contributed by atoms with E-state index in [-0.39, 0.29) is 6.61 Å². The third-order valence-corrected chi connectivity index (χ3v) is 10.9. The van der Waals surface area contributed by atoms with Crippen LogP contribution in [0.15, 0.2) is 176 Å². The first kappa shape index (κ1) is 37.2. The van der Waals surface area contributed by atoms with Crippen LogP contribution in [0.1, 0.15) is 38.9 Å². The molecular formula is C50H47NO6. The first-order chi connectivity index (χ1) is 28.2. The Kier molecular flexibility index (Phi) is 11.4. The molecule has 6 aromatic carbocycles. The van der Waals surface area contributed by atoms with Gasteiger partial charge in [-0.05, 0) is 57.0 Å². The Bertz CT molecular complexity index is 2320. The largest absolute Gasteiger partial charge is 0.374 e. The summed E-state index contributed by atoms with van der Waals surface area (Å²) in [7, 11) is 0. The maximum absolute atomic E-state index is 7.38. The molecule has 1 spiro atoms. The zero-order valence-corrected chi connectivity index (χ0v) is 31.9. The molecule has 288 valence electrons. The van der Waals surface area contributed by atoms with Gasteiger partial charge < -0.3 is 33.0 Å². The van der Waals surface area contributed by atoms with Crippen LogP contribution < -0.4 is 0 Å². The minimum Gasteiger partial charge on any atom is -0.374 e. The summed E-state index contributed by atoms with van der Waals surface area (Å²) in [6.07, 6.45) is -0.328. The van der Waals surface area contributed by atoms with E-state index in [4.69, 9.17) is 28.4 Å². The molecule has 0 aliphatic carbocycles. The van der Waals surface area contributed by atoms with Gasteiger partial charge in [0.25, 0.3) is 0 Å². The second kappa shape index (κ2) is 17.4. The van der Waals surface area contributed by atoms with E-state index in [2.05, 4.69) is 102 Å². The number of benzene rings is 6. The van der Waals surface area contributed by atoms with Crippen LogP contribution in [0.2, 0.25) is 0 Å². The number of hydrogen-bond donors (Lipinski definition) is 0. The van der Waals surface area contributed by atoms with E-state index in [1.165, 1.54) is 5.56 Å². The van der Waals surface area contributed by atoms with Crippen LogP contribution in [-0.2, 0) is 73.8 Å². The fourth-order valence-electron chi connectivity index (χ4n) is 8.08. The highest BCUT2D eigenvalue weighted by Crippen LogP contribution is 2.50. The van der Waals surface area contributed by atoms with Gasteiger partial charge in [0.2, 0.25) is 5.79 Å². The Balaban J connectivity index is 1.14. The van der Waals surface area contributed by atoms with E-state index in [1.54, 1.807) is 0 Å². The van der Waals surface area contributed by atoms with E-state index in [0.29, 0.717) is 33.0 Å². The molecule has 7 heteroatoms. The molecule has 2 aliphatic heterocycles. The molecule has 0 unspecified atom stereocenters. The fraction of sp³-hybridized carbons (Fsp3) is 0.240. The highest BCUT2D eigenvalue weighted by Gasteiger charge is 2.61. The third-order valence-electron chi connectivity index (χ3n) is 10.9. The maximum atomic E-state index is 7.38. The van der Waals surface area contributed by atoms with Crippen molar-refractivity contribution in [1.29, 1.82) is 0 Å². The Morgan fingerprint density at radius 3 is 1.63 bits per heavy atom. The van der Waals surface area contributed by atoms with Gasteiger partial charge in [-0.2, -0.15) is 0 Å². The number of aromatic nitrogens is 1. The summed E-state index contributed by atoms with van der Waals surface area (Å²) in [5.41, 5.74) is 8.52. The highest BCUT2D eigenvalue weighted by molar-refractivity contribution is 5.82. The summed E-state index contributed by atoms with van der Waals surface area (Å²) >= 11 is 0. The SMILES string of the molecule is c1ccc(COC[C@H]2O[C@]3(OCc4cc5ccn(Cc6ccccc6)c5cc43)[C@H](OCc3ccccc3)[C@@H](OCc3ccccc3)[C@@H]2OCc2ccccc2)cc1. The molecular weight excluding hydrogens is 711 g/mol. The third kappa shape index (κ3) is 8.36. The van der Waals surface area contributed by atoms with Gasteiger partial charge in [-0.25, -0.2) is 0 Å². The first-order valence-corrected chi connectivity index (χ1v) is 19.8. The van der Waals surface area contributed by atoms with Crippen molar-refractivity contribution in [3.63, 3.8) is 0 Å². The van der Waals surface area contributed by atoms with Crippen LogP contribution in [0.25, 0.3) is 10.9 Å². The van der Waals surface area contributed by atoms with Gasteiger partial charge >= 0.3 is 0 Å². The van der Waals surface area contributed by atoms with Crippen molar-refractivity contribution in [2.24, 2.45) is 0 Å². The molecule has 3 heterocycles. The molecule has 0 radical (unpaired) electrons. The Morgan fingerprint density at radius 1 is 0.544 bits per heavy atom. The van der Waals surface area contributed by atoms with Crippen molar-refractivity contribution in [3.8, 4) is 0 Å². The predicted octanol–water partition coefficient (Wildman–Crippen LogP) is 9.74. The molecule has 5 atom stereocenters. The fourth-order valence-corrected chi connectivity index (χ4v) is 8.08. The molecule has 1 aromatic heterocycles. The lowest BCUT2D eigenvalue weighted by atomic mass is 9.86. The lowest BCUT2D eigenvalue weighted by Gasteiger charge is -2.51. The molecule has 0 bridgehead atoms. The van der Waals surface area contributed by atoms with E-state index < -0.39 is 30.2 Å². The maximum Gasteiger partial charge on any atom is 0.226 e. The topological polar surface area (TPSA) is 60.3 Å². The summed E-state index contributed by atoms with van der Waals surface area (Å²) in [5.74, 6) is -1.32. The average Bonchev–Trinajstić information content (AvgIpc) is 3.83. The molecule has 9 rings (SSSR count). The molecule has 1 fully saturated rings. The Hall–Kier alpha value is -5.38. The second-order valence-corrected chi connectivity index (χ2v) is 14.9. The number of ether oxygens (including phenoxy) is 6. The Labute approximate surface area is 334 Å². The summed E-state index contributed by atoms with van der Waals surface area (Å²) in [4.78, 5) is 0. The van der Waals surface area contributed by atoms with E-state index in [1.807, 2.05) is 78.9 Å². The summed E-state index contributed by atoms with van der Waals surface area (Å²) < 4.78 is 44.2. The van der Waals surface area contributed by atoms with Crippen molar-refractivity contribution in [3.05, 3.63) is 215 Å². The van der Waals surface area contributed by atoms with Crippen LogP contribution in [0, 0.1) is 0 Å². The van der Waals surface area contributed by atoms with Gasteiger partial charge in [0, 0.05) is 23.8 Å². The monoisotopic (exact) mass is 757 g/mol. The molecule has 0 amide bonds. The normalized spacial score (nSPS) is 21.5. The molecule has 7 aromatic rings. The van der Waals surface area contributed by atoms with Gasteiger partial charge in [0.1, 0.15) is 24.4 Å². The molecule has 0 saturated carbocycles. The van der Waals surface area contributed by atoms with Gasteiger partial charge in [-0.3, -0.25) is 0 Å². The molecule has 57 heavy (non-hydrogen) atoms. The van der Waals surface area contributed by atoms with E-state index in [0.717, 1.165) is 50.8 Å². The van der Waals surface area contributed by atoms with Crippen molar-refractivity contribution in [1.82, 2.24) is 4.57 Å². The lowest BCUT2D eigenvalue weighted by molar-refractivity contribution is -0.387. The van der Waals surface area contributed by atoms with E-state index >= 15 is 0 Å². The molecule has 0 N–H and O–H groups in total. The number of nitrogens with zero attached hydrogens (tertiary/aromatic N) is 1. The van der Waals surface area contributed by atoms with Crippen LogP contribution in [0.4, 0.5) is 0 Å². The molecule has 7 nitrogen and oxygen atoms in total. The lowest BCUT2D eigenvalue weighted by Crippen LogP contribution is -2.65. The number of fused-ring (bicyclic) bond motifs is 3. The quantitative estimate of drug-likeness (QED) is 0.104. The van der Waals surface area contributed by atoms with Crippen LogP contribution >= 0.6 is 0 Å². The van der Waals surface area contributed by atoms with Gasteiger partial charge in [0.05, 0.1) is 39.6 Å². The van der Waals surface area contributed by atoms with Crippen molar-refractivity contribution in [2.45, 2.75) is 69.8 Å². The van der Waals surface area contributed by atoms with Crippen LogP contribution in [-0.4, -0.2) is 35.6 Å². The van der Waals surface area contributed by atoms with E-state index in [9.17, 15) is 0 Å². The summed E-state index contributed by atoms with van der Waals surface area (Å²) in [6.45, 7) is 2.80. The van der Waals surface area contributed by atoms with Crippen molar-refractivity contribution in [2.75, 3.05) is 6.61 Å². The zero-order chi connectivity index (χ0) is 38.3.